The molecule has 0 saturated heterocycles. The number of amides is 1. The first-order chi connectivity index (χ1) is 11.1. The van der Waals surface area contributed by atoms with Crippen LogP contribution in [0.4, 0.5) is 4.39 Å². The Morgan fingerprint density at radius 1 is 1.26 bits per heavy atom. The van der Waals surface area contributed by atoms with Crippen LogP contribution < -0.4 is 10.1 Å². The highest BCUT2D eigenvalue weighted by molar-refractivity contribution is 5.98. The number of benzene rings is 2. The fourth-order valence-corrected chi connectivity index (χ4v) is 2.51. The van der Waals surface area contributed by atoms with Gasteiger partial charge in [0, 0.05) is 23.1 Å². The van der Waals surface area contributed by atoms with E-state index >= 15 is 0 Å². The molecule has 0 aliphatic heterocycles. The zero-order chi connectivity index (χ0) is 16.4. The highest BCUT2D eigenvalue weighted by atomic mass is 19.1. The molecule has 1 heterocycles. The quantitative estimate of drug-likeness (QED) is 0.796. The fraction of sp³-hybridized carbons (Fsp3) is 0.167. The molecule has 1 aromatic heterocycles. The lowest BCUT2D eigenvalue weighted by molar-refractivity contribution is 0.0924. The second-order valence-corrected chi connectivity index (χ2v) is 5.19. The highest BCUT2D eigenvalue weighted by Crippen LogP contribution is 2.26. The lowest BCUT2D eigenvalue weighted by Gasteiger charge is -2.08. The van der Waals surface area contributed by atoms with Gasteiger partial charge in [-0.15, -0.1) is 0 Å². The van der Waals surface area contributed by atoms with Crippen molar-refractivity contribution in [2.75, 3.05) is 7.11 Å². The molecule has 0 atom stereocenters. The van der Waals surface area contributed by atoms with Crippen LogP contribution in [0.1, 0.15) is 21.7 Å². The lowest BCUT2D eigenvalue weighted by atomic mass is 10.1. The molecule has 118 valence electrons. The number of furan rings is 1. The van der Waals surface area contributed by atoms with Crippen molar-refractivity contribution < 1.29 is 18.3 Å². The molecule has 23 heavy (non-hydrogen) atoms. The maximum Gasteiger partial charge on any atom is 0.287 e. The first-order valence-electron chi connectivity index (χ1n) is 7.19. The van der Waals surface area contributed by atoms with Crippen LogP contribution in [0.15, 0.2) is 46.9 Å². The van der Waals surface area contributed by atoms with E-state index in [0.29, 0.717) is 28.8 Å². The van der Waals surface area contributed by atoms with Gasteiger partial charge < -0.3 is 14.5 Å². The fourth-order valence-electron chi connectivity index (χ4n) is 2.51. The molecule has 1 amide bonds. The zero-order valence-corrected chi connectivity index (χ0v) is 12.9. The Morgan fingerprint density at radius 3 is 2.83 bits per heavy atom. The summed E-state index contributed by atoms with van der Waals surface area (Å²) in [5, 5.41) is 3.40. The van der Waals surface area contributed by atoms with Crippen molar-refractivity contribution in [3.05, 3.63) is 65.2 Å². The molecular formula is C18H16FNO3. The van der Waals surface area contributed by atoms with E-state index < -0.39 is 0 Å². The van der Waals surface area contributed by atoms with Gasteiger partial charge in [0.2, 0.25) is 0 Å². The van der Waals surface area contributed by atoms with Crippen LogP contribution >= 0.6 is 0 Å². The van der Waals surface area contributed by atoms with E-state index in [-0.39, 0.29) is 17.5 Å². The molecule has 0 saturated carbocycles. The van der Waals surface area contributed by atoms with Gasteiger partial charge in [0.05, 0.1) is 7.11 Å². The Balaban J connectivity index is 1.82. The third-order valence-electron chi connectivity index (χ3n) is 3.74. The van der Waals surface area contributed by atoms with Gasteiger partial charge in [-0.25, -0.2) is 4.39 Å². The van der Waals surface area contributed by atoms with Crippen LogP contribution in [0.25, 0.3) is 11.0 Å². The van der Waals surface area contributed by atoms with Crippen LogP contribution in [0.5, 0.6) is 5.75 Å². The standard InChI is InChI=1S/C18H16FNO3/c1-11-14-9-13(19)7-8-16(14)23-17(11)18(21)20-10-12-5-3-4-6-15(12)22-2/h3-9H,10H2,1-2H3,(H,20,21). The van der Waals surface area contributed by atoms with Crippen LogP contribution in [-0.4, -0.2) is 13.0 Å². The van der Waals surface area contributed by atoms with Crippen LogP contribution in [-0.2, 0) is 6.54 Å². The van der Waals surface area contributed by atoms with Gasteiger partial charge in [-0.2, -0.15) is 0 Å². The molecule has 5 heteroatoms. The SMILES string of the molecule is COc1ccccc1CNC(=O)c1oc2ccc(F)cc2c1C. The lowest BCUT2D eigenvalue weighted by Crippen LogP contribution is -2.23. The van der Waals surface area contributed by atoms with E-state index in [1.54, 1.807) is 14.0 Å². The molecule has 0 unspecified atom stereocenters. The van der Waals surface area contributed by atoms with Gasteiger partial charge in [-0.05, 0) is 31.2 Å². The normalized spacial score (nSPS) is 10.7. The topological polar surface area (TPSA) is 51.5 Å². The van der Waals surface area contributed by atoms with E-state index in [1.165, 1.54) is 18.2 Å². The Bertz CT molecular complexity index is 870. The molecule has 0 radical (unpaired) electrons. The maximum atomic E-state index is 13.3. The number of carbonyl (C=O) groups excluding carboxylic acids is 1. The zero-order valence-electron chi connectivity index (χ0n) is 12.9. The van der Waals surface area contributed by atoms with Crippen LogP contribution in [0, 0.1) is 12.7 Å². The number of ether oxygens (including phenoxy) is 1. The Morgan fingerprint density at radius 2 is 2.04 bits per heavy atom. The summed E-state index contributed by atoms with van der Waals surface area (Å²) in [5.74, 6) is 0.198. The summed E-state index contributed by atoms with van der Waals surface area (Å²) in [6, 6.07) is 11.6. The molecule has 2 aromatic carbocycles. The molecule has 1 N–H and O–H groups in total. The smallest absolute Gasteiger partial charge is 0.287 e. The minimum absolute atomic E-state index is 0.195. The summed E-state index contributed by atoms with van der Waals surface area (Å²) in [5.41, 5.74) is 1.98. The molecule has 3 aromatic rings. The van der Waals surface area contributed by atoms with Crippen molar-refractivity contribution in [3.63, 3.8) is 0 Å². The Labute approximate surface area is 132 Å². The molecule has 0 spiro atoms. The monoisotopic (exact) mass is 313 g/mol. The van der Waals surface area contributed by atoms with Gasteiger partial charge in [-0.3, -0.25) is 4.79 Å². The average molecular weight is 313 g/mol. The molecule has 0 bridgehead atoms. The number of halogens is 1. The number of hydrogen-bond donors (Lipinski definition) is 1. The number of carbonyl (C=O) groups is 1. The first-order valence-corrected chi connectivity index (χ1v) is 7.19. The second kappa shape index (κ2) is 6.12. The van der Waals surface area contributed by atoms with Crippen molar-refractivity contribution in [2.45, 2.75) is 13.5 Å². The summed E-state index contributed by atoms with van der Waals surface area (Å²) in [6.07, 6.45) is 0. The number of aryl methyl sites for hydroxylation is 1. The van der Waals surface area contributed by atoms with E-state index in [4.69, 9.17) is 9.15 Å². The summed E-state index contributed by atoms with van der Waals surface area (Å²) >= 11 is 0. The predicted molar refractivity (Wildman–Crippen MR) is 85.1 cm³/mol. The van der Waals surface area contributed by atoms with E-state index in [1.807, 2.05) is 24.3 Å². The largest absolute Gasteiger partial charge is 0.496 e. The summed E-state index contributed by atoms with van der Waals surface area (Å²) in [4.78, 5) is 12.4. The minimum Gasteiger partial charge on any atom is -0.496 e. The number of nitrogens with one attached hydrogen (secondary N) is 1. The molecule has 0 fully saturated rings. The number of para-hydroxylation sites is 1. The summed E-state index contributed by atoms with van der Waals surface area (Å²) in [7, 11) is 1.58. The van der Waals surface area contributed by atoms with Gasteiger partial charge in [-0.1, -0.05) is 18.2 Å². The maximum absolute atomic E-state index is 13.3. The number of hydrogen-bond acceptors (Lipinski definition) is 3. The third-order valence-corrected chi connectivity index (χ3v) is 3.74. The number of rotatable bonds is 4. The van der Waals surface area contributed by atoms with Gasteiger partial charge >= 0.3 is 0 Å². The Hall–Kier alpha value is -2.82. The van der Waals surface area contributed by atoms with Gasteiger partial charge in [0.25, 0.3) is 5.91 Å². The van der Waals surface area contributed by atoms with Crippen molar-refractivity contribution in [1.82, 2.24) is 5.32 Å². The summed E-state index contributed by atoms with van der Waals surface area (Å²) < 4.78 is 24.1. The van der Waals surface area contributed by atoms with Crippen molar-refractivity contribution >= 4 is 16.9 Å². The molecular weight excluding hydrogens is 297 g/mol. The molecule has 0 aliphatic carbocycles. The molecule has 0 aliphatic rings. The van der Waals surface area contributed by atoms with Crippen molar-refractivity contribution in [3.8, 4) is 5.75 Å². The van der Waals surface area contributed by atoms with Gasteiger partial charge in [0.1, 0.15) is 17.1 Å². The number of fused-ring (bicyclic) bond motifs is 1. The average Bonchev–Trinajstić information content (AvgIpc) is 2.89. The molecule has 3 rings (SSSR count). The van der Waals surface area contributed by atoms with E-state index in [2.05, 4.69) is 5.32 Å². The second-order valence-electron chi connectivity index (χ2n) is 5.19. The minimum atomic E-state index is -0.359. The number of methoxy groups -OCH3 is 1. The van der Waals surface area contributed by atoms with Crippen molar-refractivity contribution in [1.29, 1.82) is 0 Å². The highest BCUT2D eigenvalue weighted by Gasteiger charge is 2.18. The van der Waals surface area contributed by atoms with Crippen LogP contribution in [0.3, 0.4) is 0 Å². The summed E-state index contributed by atoms with van der Waals surface area (Å²) in [6.45, 7) is 2.05. The third kappa shape index (κ3) is 2.90. The predicted octanol–water partition coefficient (Wildman–Crippen LogP) is 3.82. The van der Waals surface area contributed by atoms with Crippen LogP contribution in [0.2, 0.25) is 0 Å². The Kier molecular flexibility index (Phi) is 4.02. The van der Waals surface area contributed by atoms with Crippen molar-refractivity contribution in [2.24, 2.45) is 0 Å². The molecule has 4 nitrogen and oxygen atoms in total. The first kappa shape index (κ1) is 15.1. The van der Waals surface area contributed by atoms with E-state index in [0.717, 1.165) is 5.56 Å². The van der Waals surface area contributed by atoms with E-state index in [9.17, 15) is 9.18 Å². The van der Waals surface area contributed by atoms with Gasteiger partial charge in [0.15, 0.2) is 5.76 Å².